The van der Waals surface area contributed by atoms with Gasteiger partial charge < -0.3 is 14.5 Å². The highest BCUT2D eigenvalue weighted by atomic mass is 16.5. The molecule has 1 N–H and O–H groups in total. The van der Waals surface area contributed by atoms with Gasteiger partial charge in [-0.3, -0.25) is 0 Å². The van der Waals surface area contributed by atoms with E-state index in [1.807, 2.05) is 0 Å². The lowest BCUT2D eigenvalue weighted by atomic mass is 9.93. The van der Waals surface area contributed by atoms with E-state index in [0.717, 1.165) is 25.9 Å². The largest absolute Gasteiger partial charge is 0.475 e. The molecule has 0 aromatic carbocycles. The van der Waals surface area contributed by atoms with Crippen molar-refractivity contribution in [3.63, 3.8) is 0 Å². The predicted octanol–water partition coefficient (Wildman–Crippen LogP) is 1.43. The molecule has 1 aromatic heterocycles. The minimum absolute atomic E-state index is 0.246. The molecule has 1 saturated heterocycles. The van der Waals surface area contributed by atoms with Crippen molar-refractivity contribution in [3.8, 4) is 0 Å². The molecule has 0 saturated carbocycles. The van der Waals surface area contributed by atoms with Gasteiger partial charge in [-0.05, 0) is 50.9 Å². The normalized spacial score (nSPS) is 18.4. The molecule has 0 bridgehead atoms. The Bertz CT molecular complexity index is 408. The van der Waals surface area contributed by atoms with Crippen molar-refractivity contribution in [2.75, 3.05) is 13.1 Å². The summed E-state index contributed by atoms with van der Waals surface area (Å²) in [5.41, 5.74) is 0. The van der Waals surface area contributed by atoms with Crippen molar-refractivity contribution >= 4 is 5.97 Å². The molecule has 18 heavy (non-hydrogen) atoms. The topological polar surface area (TPSA) is 79.5 Å². The second kappa shape index (κ2) is 5.48. The number of carboxylic acid groups (broad SMARTS) is 1. The van der Waals surface area contributed by atoms with Crippen molar-refractivity contribution in [2.45, 2.75) is 39.2 Å². The Morgan fingerprint density at radius 1 is 1.50 bits per heavy atom. The van der Waals surface area contributed by atoms with Crippen LogP contribution in [-0.2, 0) is 6.42 Å². The number of likely N-dealkylation sites (tertiary alicyclic amines) is 1. The molecule has 6 nitrogen and oxygen atoms in total. The van der Waals surface area contributed by atoms with E-state index in [1.54, 1.807) is 0 Å². The van der Waals surface area contributed by atoms with E-state index in [1.165, 1.54) is 0 Å². The minimum atomic E-state index is -1.14. The van der Waals surface area contributed by atoms with Gasteiger partial charge in [0.05, 0.1) is 0 Å². The number of hydrogen-bond donors (Lipinski definition) is 1. The van der Waals surface area contributed by atoms with E-state index in [9.17, 15) is 4.79 Å². The van der Waals surface area contributed by atoms with Gasteiger partial charge in [0.15, 0.2) is 0 Å². The Kier molecular flexibility index (Phi) is 3.96. The number of piperidine rings is 1. The summed E-state index contributed by atoms with van der Waals surface area (Å²) in [5, 5.41) is 12.1. The second-order valence-corrected chi connectivity index (χ2v) is 5.09. The fraction of sp³-hybridized carbons (Fsp3) is 0.750. The highest BCUT2D eigenvalue weighted by molar-refractivity contribution is 5.82. The summed E-state index contributed by atoms with van der Waals surface area (Å²) in [6.07, 6.45) is 2.89. The Hall–Kier alpha value is -1.43. The minimum Gasteiger partial charge on any atom is -0.475 e. The first-order chi connectivity index (χ1) is 8.56. The van der Waals surface area contributed by atoms with E-state index < -0.39 is 5.97 Å². The number of aromatic carboxylic acids is 1. The standard InChI is InChI=1S/C12H19N3O3/c1-8(2)15-5-3-9(4-6-15)7-10-13-11(12(16)17)14-18-10/h8-9H,3-7H2,1-2H3,(H,16,17). The van der Waals surface area contributed by atoms with Crippen molar-refractivity contribution < 1.29 is 14.4 Å². The maximum atomic E-state index is 10.6. The Balaban J connectivity index is 1.85. The third kappa shape index (κ3) is 3.07. The number of aromatic nitrogens is 2. The molecule has 1 aliphatic rings. The van der Waals surface area contributed by atoms with E-state index in [0.29, 0.717) is 24.3 Å². The predicted molar refractivity (Wildman–Crippen MR) is 64.4 cm³/mol. The molecule has 6 heteroatoms. The van der Waals surface area contributed by atoms with Crippen LogP contribution >= 0.6 is 0 Å². The molecule has 0 unspecified atom stereocenters. The molecule has 1 fully saturated rings. The van der Waals surface area contributed by atoms with Gasteiger partial charge in [0.1, 0.15) is 0 Å². The van der Waals surface area contributed by atoms with Gasteiger partial charge >= 0.3 is 5.97 Å². The van der Waals surface area contributed by atoms with Crippen LogP contribution in [0.15, 0.2) is 4.52 Å². The van der Waals surface area contributed by atoms with Gasteiger partial charge in [0.25, 0.3) is 5.82 Å². The highest BCUT2D eigenvalue weighted by Gasteiger charge is 2.23. The molecule has 1 aliphatic heterocycles. The van der Waals surface area contributed by atoms with Gasteiger partial charge in [-0.15, -0.1) is 0 Å². The Morgan fingerprint density at radius 2 is 2.17 bits per heavy atom. The average molecular weight is 253 g/mol. The fourth-order valence-electron chi connectivity index (χ4n) is 2.35. The maximum absolute atomic E-state index is 10.6. The van der Waals surface area contributed by atoms with Crippen LogP contribution in [-0.4, -0.2) is 45.2 Å². The number of hydrogen-bond acceptors (Lipinski definition) is 5. The Morgan fingerprint density at radius 3 is 2.67 bits per heavy atom. The third-order valence-electron chi connectivity index (χ3n) is 3.50. The van der Waals surface area contributed by atoms with E-state index in [2.05, 4.69) is 28.9 Å². The summed E-state index contributed by atoms with van der Waals surface area (Å²) in [5.74, 6) is -0.429. The van der Waals surface area contributed by atoms with Gasteiger partial charge in [0.2, 0.25) is 5.89 Å². The zero-order valence-electron chi connectivity index (χ0n) is 10.8. The number of rotatable bonds is 4. The molecule has 100 valence electrons. The molecule has 2 rings (SSSR count). The molecule has 0 amide bonds. The monoisotopic (exact) mass is 253 g/mol. The average Bonchev–Trinajstić information content (AvgIpc) is 2.78. The number of carboxylic acids is 1. The number of nitrogens with zero attached hydrogens (tertiary/aromatic N) is 3. The maximum Gasteiger partial charge on any atom is 0.377 e. The molecular weight excluding hydrogens is 234 g/mol. The van der Waals surface area contributed by atoms with Gasteiger partial charge in [-0.2, -0.15) is 4.98 Å². The lowest BCUT2D eigenvalue weighted by Crippen LogP contribution is -2.38. The zero-order valence-corrected chi connectivity index (χ0v) is 10.8. The quantitative estimate of drug-likeness (QED) is 0.874. The molecule has 1 aromatic rings. The summed E-state index contributed by atoms with van der Waals surface area (Å²) in [7, 11) is 0. The second-order valence-electron chi connectivity index (χ2n) is 5.09. The Labute approximate surface area is 106 Å². The van der Waals surface area contributed by atoms with Gasteiger partial charge in [-0.25, -0.2) is 4.79 Å². The van der Waals surface area contributed by atoms with Crippen molar-refractivity contribution in [2.24, 2.45) is 5.92 Å². The first kappa shape index (κ1) is 13.0. The molecule has 2 heterocycles. The van der Waals surface area contributed by atoms with E-state index in [4.69, 9.17) is 9.63 Å². The van der Waals surface area contributed by atoms with Gasteiger partial charge in [-0.1, -0.05) is 0 Å². The first-order valence-electron chi connectivity index (χ1n) is 6.36. The van der Waals surface area contributed by atoms with Crippen molar-refractivity contribution in [3.05, 3.63) is 11.7 Å². The van der Waals surface area contributed by atoms with Crippen LogP contribution in [0.5, 0.6) is 0 Å². The molecule has 0 atom stereocenters. The van der Waals surface area contributed by atoms with Crippen LogP contribution in [0.2, 0.25) is 0 Å². The lowest BCUT2D eigenvalue weighted by molar-refractivity contribution is 0.0680. The van der Waals surface area contributed by atoms with Crippen LogP contribution in [0, 0.1) is 5.92 Å². The van der Waals surface area contributed by atoms with Crippen LogP contribution in [0.1, 0.15) is 43.2 Å². The molecular formula is C12H19N3O3. The molecule has 0 aliphatic carbocycles. The lowest BCUT2D eigenvalue weighted by Gasteiger charge is -2.34. The molecule has 0 radical (unpaired) electrons. The zero-order chi connectivity index (χ0) is 13.1. The summed E-state index contributed by atoms with van der Waals surface area (Å²) >= 11 is 0. The summed E-state index contributed by atoms with van der Waals surface area (Å²) in [6, 6.07) is 0.591. The van der Waals surface area contributed by atoms with Crippen molar-refractivity contribution in [1.82, 2.24) is 15.0 Å². The smallest absolute Gasteiger partial charge is 0.377 e. The van der Waals surface area contributed by atoms with Crippen molar-refractivity contribution in [1.29, 1.82) is 0 Å². The third-order valence-corrected chi connectivity index (χ3v) is 3.50. The van der Waals surface area contributed by atoms with E-state index >= 15 is 0 Å². The fourth-order valence-corrected chi connectivity index (χ4v) is 2.35. The van der Waals surface area contributed by atoms with E-state index in [-0.39, 0.29) is 5.82 Å². The molecule has 0 spiro atoms. The highest BCUT2D eigenvalue weighted by Crippen LogP contribution is 2.22. The summed E-state index contributed by atoms with van der Waals surface area (Å²) < 4.78 is 4.95. The summed E-state index contributed by atoms with van der Waals surface area (Å²) in [4.78, 5) is 17.0. The van der Waals surface area contributed by atoms with Gasteiger partial charge in [0, 0.05) is 12.5 Å². The van der Waals surface area contributed by atoms with Crippen LogP contribution in [0.4, 0.5) is 0 Å². The number of carbonyl (C=O) groups is 1. The summed E-state index contributed by atoms with van der Waals surface area (Å²) in [6.45, 7) is 6.58. The van der Waals surface area contributed by atoms with Crippen LogP contribution < -0.4 is 0 Å². The van der Waals surface area contributed by atoms with Crippen LogP contribution in [0.25, 0.3) is 0 Å². The first-order valence-corrected chi connectivity index (χ1v) is 6.36. The SMILES string of the molecule is CC(C)N1CCC(Cc2nc(C(=O)O)no2)CC1. The van der Waals surface area contributed by atoms with Crippen LogP contribution in [0.3, 0.4) is 0 Å².